The summed E-state index contributed by atoms with van der Waals surface area (Å²) in [5.41, 5.74) is 0.774. The van der Waals surface area contributed by atoms with Gasteiger partial charge in [0.25, 0.3) is 0 Å². The van der Waals surface area contributed by atoms with Crippen molar-refractivity contribution in [3.63, 3.8) is 0 Å². The Bertz CT molecular complexity index is 1010. The van der Waals surface area contributed by atoms with Gasteiger partial charge in [0, 0.05) is 45.3 Å². The smallest absolute Gasteiger partial charge is 0.243 e. The maximum atomic E-state index is 13.3. The molecule has 2 aromatic carbocycles. The summed E-state index contributed by atoms with van der Waals surface area (Å²) in [6.45, 7) is 1.26. The Labute approximate surface area is 189 Å². The van der Waals surface area contributed by atoms with Gasteiger partial charge in [-0.25, -0.2) is 8.42 Å². The predicted octanol–water partition coefficient (Wildman–Crippen LogP) is 2.26. The highest BCUT2D eigenvalue weighted by atomic mass is 32.2. The quantitative estimate of drug-likeness (QED) is 0.545. The van der Waals surface area contributed by atoms with Gasteiger partial charge in [-0.05, 0) is 30.2 Å². The molecule has 0 aliphatic carbocycles. The van der Waals surface area contributed by atoms with Crippen LogP contribution >= 0.6 is 0 Å². The lowest BCUT2D eigenvalue weighted by Crippen LogP contribution is -2.36. The van der Waals surface area contributed by atoms with E-state index in [0.29, 0.717) is 31.1 Å². The van der Waals surface area contributed by atoms with Crippen molar-refractivity contribution in [3.8, 4) is 11.5 Å². The van der Waals surface area contributed by atoms with E-state index in [2.05, 4.69) is 5.32 Å². The first-order valence-electron chi connectivity index (χ1n) is 10.5. The molecule has 0 aromatic heterocycles. The molecule has 1 fully saturated rings. The fourth-order valence-corrected chi connectivity index (χ4v) is 5.48. The SMILES string of the molecule is COCCCNC(=O)[C@H]1CN(S(=O)(=O)c2ccccc2)C[C@@H]1c1ccc(OC)cc1OC. The Morgan fingerprint density at radius 1 is 1.06 bits per heavy atom. The average molecular weight is 463 g/mol. The van der Waals surface area contributed by atoms with Crippen LogP contribution in [0, 0.1) is 5.92 Å². The minimum absolute atomic E-state index is 0.0905. The summed E-state index contributed by atoms with van der Waals surface area (Å²) < 4.78 is 43.8. The summed E-state index contributed by atoms with van der Waals surface area (Å²) in [6, 6.07) is 13.7. The Kier molecular flexibility index (Phi) is 8.11. The molecule has 174 valence electrons. The van der Waals surface area contributed by atoms with Crippen LogP contribution < -0.4 is 14.8 Å². The second-order valence-electron chi connectivity index (χ2n) is 7.59. The van der Waals surface area contributed by atoms with Crippen LogP contribution in [0.5, 0.6) is 11.5 Å². The maximum Gasteiger partial charge on any atom is 0.243 e. The van der Waals surface area contributed by atoms with Gasteiger partial charge in [0.05, 0.1) is 25.0 Å². The van der Waals surface area contributed by atoms with Crippen LogP contribution in [0.15, 0.2) is 53.4 Å². The molecular weight excluding hydrogens is 432 g/mol. The molecule has 3 rings (SSSR count). The molecule has 8 nitrogen and oxygen atoms in total. The number of ether oxygens (including phenoxy) is 3. The largest absolute Gasteiger partial charge is 0.497 e. The highest BCUT2D eigenvalue weighted by Gasteiger charge is 2.44. The van der Waals surface area contributed by atoms with Crippen LogP contribution in [0.3, 0.4) is 0 Å². The number of methoxy groups -OCH3 is 3. The van der Waals surface area contributed by atoms with E-state index in [4.69, 9.17) is 14.2 Å². The number of hydrogen-bond donors (Lipinski definition) is 1. The number of amides is 1. The Morgan fingerprint density at radius 3 is 2.47 bits per heavy atom. The van der Waals surface area contributed by atoms with Crippen molar-refractivity contribution in [2.24, 2.45) is 5.92 Å². The van der Waals surface area contributed by atoms with Crippen molar-refractivity contribution < 1.29 is 27.4 Å². The van der Waals surface area contributed by atoms with Gasteiger partial charge < -0.3 is 19.5 Å². The molecule has 1 aliphatic heterocycles. The first-order valence-corrected chi connectivity index (χ1v) is 11.9. The third kappa shape index (κ3) is 5.23. The molecule has 9 heteroatoms. The normalized spacial score (nSPS) is 19.0. The third-order valence-corrected chi connectivity index (χ3v) is 7.51. The van der Waals surface area contributed by atoms with Crippen molar-refractivity contribution in [2.45, 2.75) is 17.2 Å². The van der Waals surface area contributed by atoms with Gasteiger partial charge in [-0.15, -0.1) is 0 Å². The first kappa shape index (κ1) is 24.0. The van der Waals surface area contributed by atoms with Crippen LogP contribution in [0.2, 0.25) is 0 Å². The lowest BCUT2D eigenvalue weighted by molar-refractivity contribution is -0.124. The number of carbonyl (C=O) groups is 1. The van der Waals surface area contributed by atoms with E-state index in [-0.39, 0.29) is 29.8 Å². The molecule has 0 unspecified atom stereocenters. The fourth-order valence-electron chi connectivity index (χ4n) is 3.97. The van der Waals surface area contributed by atoms with Crippen molar-refractivity contribution in [3.05, 3.63) is 54.1 Å². The van der Waals surface area contributed by atoms with Crippen LogP contribution in [0.1, 0.15) is 17.9 Å². The van der Waals surface area contributed by atoms with Crippen LogP contribution in [0.25, 0.3) is 0 Å². The van der Waals surface area contributed by atoms with E-state index in [1.807, 2.05) is 6.07 Å². The zero-order chi connectivity index (χ0) is 23.1. The molecular formula is C23H30N2O6S. The number of rotatable bonds is 10. The molecule has 32 heavy (non-hydrogen) atoms. The number of sulfonamides is 1. The zero-order valence-electron chi connectivity index (χ0n) is 18.6. The Balaban J connectivity index is 1.92. The van der Waals surface area contributed by atoms with Gasteiger partial charge in [0.15, 0.2) is 0 Å². The molecule has 0 radical (unpaired) electrons. The number of carbonyl (C=O) groups excluding carboxylic acids is 1. The van der Waals surface area contributed by atoms with Crippen molar-refractivity contribution >= 4 is 15.9 Å². The molecule has 2 atom stereocenters. The standard InChI is InChI=1S/C23H30N2O6S/c1-29-13-7-12-24-23(26)21-16-25(32(27,28)18-8-5-4-6-9-18)15-20(21)19-11-10-17(30-2)14-22(19)31-3/h4-6,8-11,14,20-21H,7,12-13,15-16H2,1-3H3,(H,24,26)/t20-,21+/m1/s1. The van der Waals surface area contributed by atoms with E-state index in [1.54, 1.807) is 63.8 Å². The van der Waals surface area contributed by atoms with E-state index in [0.717, 1.165) is 5.56 Å². The molecule has 1 aliphatic rings. The van der Waals surface area contributed by atoms with Gasteiger partial charge in [-0.1, -0.05) is 24.3 Å². The number of benzene rings is 2. The second kappa shape index (κ2) is 10.8. The highest BCUT2D eigenvalue weighted by Crippen LogP contribution is 2.41. The lowest BCUT2D eigenvalue weighted by atomic mass is 9.87. The molecule has 1 amide bonds. The Morgan fingerprint density at radius 2 is 1.81 bits per heavy atom. The van der Waals surface area contributed by atoms with Gasteiger partial charge in [-0.3, -0.25) is 4.79 Å². The minimum atomic E-state index is -3.74. The van der Waals surface area contributed by atoms with Crippen molar-refractivity contribution in [1.82, 2.24) is 9.62 Å². The van der Waals surface area contributed by atoms with E-state index < -0.39 is 15.9 Å². The van der Waals surface area contributed by atoms with E-state index >= 15 is 0 Å². The molecule has 1 saturated heterocycles. The van der Waals surface area contributed by atoms with Crippen molar-refractivity contribution in [2.75, 3.05) is 47.6 Å². The molecule has 0 spiro atoms. The lowest BCUT2D eigenvalue weighted by Gasteiger charge is -2.21. The maximum absolute atomic E-state index is 13.3. The molecule has 2 aromatic rings. The van der Waals surface area contributed by atoms with E-state index in [1.165, 1.54) is 4.31 Å². The second-order valence-corrected chi connectivity index (χ2v) is 9.53. The van der Waals surface area contributed by atoms with Crippen LogP contribution in [-0.2, 0) is 19.6 Å². The Hall–Kier alpha value is -2.62. The summed E-state index contributed by atoms with van der Waals surface area (Å²) >= 11 is 0. The minimum Gasteiger partial charge on any atom is -0.497 e. The summed E-state index contributed by atoms with van der Waals surface area (Å²) in [7, 11) is 0.980. The molecule has 0 saturated carbocycles. The topological polar surface area (TPSA) is 94.2 Å². The highest BCUT2D eigenvalue weighted by molar-refractivity contribution is 7.89. The first-order chi connectivity index (χ1) is 15.4. The monoisotopic (exact) mass is 462 g/mol. The summed E-state index contributed by atoms with van der Waals surface area (Å²) in [4.78, 5) is 13.3. The third-order valence-electron chi connectivity index (χ3n) is 5.67. The number of nitrogens with zero attached hydrogens (tertiary/aromatic N) is 1. The number of nitrogens with one attached hydrogen (secondary N) is 1. The van der Waals surface area contributed by atoms with Crippen LogP contribution in [0.4, 0.5) is 0 Å². The molecule has 1 heterocycles. The van der Waals surface area contributed by atoms with Gasteiger partial charge in [-0.2, -0.15) is 4.31 Å². The van der Waals surface area contributed by atoms with E-state index in [9.17, 15) is 13.2 Å². The van der Waals surface area contributed by atoms with Gasteiger partial charge in [0.1, 0.15) is 11.5 Å². The summed E-state index contributed by atoms with van der Waals surface area (Å²) in [5.74, 6) is 0.0771. The molecule has 1 N–H and O–H groups in total. The zero-order valence-corrected chi connectivity index (χ0v) is 19.4. The molecule has 0 bridgehead atoms. The van der Waals surface area contributed by atoms with Gasteiger partial charge in [0.2, 0.25) is 15.9 Å². The van der Waals surface area contributed by atoms with Gasteiger partial charge >= 0.3 is 0 Å². The summed E-state index contributed by atoms with van der Waals surface area (Å²) in [6.07, 6.45) is 0.678. The van der Waals surface area contributed by atoms with Crippen molar-refractivity contribution in [1.29, 1.82) is 0 Å². The number of hydrogen-bond acceptors (Lipinski definition) is 6. The summed E-state index contributed by atoms with van der Waals surface area (Å²) in [5, 5.41) is 2.93. The predicted molar refractivity (Wildman–Crippen MR) is 120 cm³/mol. The fraction of sp³-hybridized carbons (Fsp3) is 0.435. The van der Waals surface area contributed by atoms with Crippen LogP contribution in [-0.4, -0.2) is 66.2 Å². The average Bonchev–Trinajstić information content (AvgIpc) is 3.28.